The molecule has 2 atom stereocenters. The molecule has 184 valence electrons. The second kappa shape index (κ2) is 9.78. The fourth-order valence-electron chi connectivity index (χ4n) is 6.36. The Morgan fingerprint density at radius 1 is 0.912 bits per heavy atom. The summed E-state index contributed by atoms with van der Waals surface area (Å²) in [6, 6.07) is 5.05. The highest BCUT2D eigenvalue weighted by atomic mass is 16.5. The van der Waals surface area contributed by atoms with E-state index in [9.17, 15) is 14.4 Å². The van der Waals surface area contributed by atoms with Crippen LogP contribution in [0.4, 0.5) is 0 Å². The molecule has 3 heterocycles. The molecule has 34 heavy (non-hydrogen) atoms. The first-order valence-corrected chi connectivity index (χ1v) is 13.1. The van der Waals surface area contributed by atoms with Gasteiger partial charge in [0.1, 0.15) is 0 Å². The number of benzene rings is 1. The van der Waals surface area contributed by atoms with Gasteiger partial charge in [0, 0.05) is 44.3 Å². The van der Waals surface area contributed by atoms with E-state index in [2.05, 4.69) is 18.7 Å². The van der Waals surface area contributed by atoms with E-state index >= 15 is 0 Å². The van der Waals surface area contributed by atoms with Crippen LogP contribution in [0.3, 0.4) is 0 Å². The summed E-state index contributed by atoms with van der Waals surface area (Å²) in [7, 11) is 0. The summed E-state index contributed by atoms with van der Waals surface area (Å²) in [6.45, 7) is 8.74. The number of carbonyl (C=O) groups is 3. The van der Waals surface area contributed by atoms with Crippen LogP contribution >= 0.6 is 0 Å². The third-order valence-electron chi connectivity index (χ3n) is 8.02. The summed E-state index contributed by atoms with van der Waals surface area (Å²) in [5.74, 6) is 0.128. The lowest BCUT2D eigenvalue weighted by Gasteiger charge is -2.39. The van der Waals surface area contributed by atoms with Gasteiger partial charge in [0.2, 0.25) is 0 Å². The molecule has 3 amide bonds. The lowest BCUT2D eigenvalue weighted by atomic mass is 9.94. The minimum absolute atomic E-state index is 0.00299. The van der Waals surface area contributed by atoms with Gasteiger partial charge in [-0.3, -0.25) is 24.2 Å². The van der Waals surface area contributed by atoms with Gasteiger partial charge in [-0.1, -0.05) is 19.3 Å². The third kappa shape index (κ3) is 4.65. The number of ether oxygens (including phenoxy) is 1. The molecule has 1 aromatic rings. The standard InChI is InChI=1S/C27H37N3O4/c1-18-15-28(16-19(2)34-18)17-20-10-12-29(13-11-20)25(31)21-8-9-23-24(14-21)27(33)30(26(23)32)22-6-4-3-5-7-22/h8-9,14,18-20,22H,3-7,10-13,15-17H2,1-2H3. The van der Waals surface area contributed by atoms with Gasteiger partial charge in [0.05, 0.1) is 23.3 Å². The predicted molar refractivity (Wildman–Crippen MR) is 129 cm³/mol. The Bertz CT molecular complexity index is 939. The number of amides is 3. The average molecular weight is 468 g/mol. The molecule has 0 N–H and O–H groups in total. The van der Waals surface area contributed by atoms with Crippen LogP contribution in [0.5, 0.6) is 0 Å². The van der Waals surface area contributed by atoms with Gasteiger partial charge in [0.15, 0.2) is 0 Å². The van der Waals surface area contributed by atoms with Crippen molar-refractivity contribution < 1.29 is 19.1 Å². The molecule has 7 nitrogen and oxygen atoms in total. The maximum Gasteiger partial charge on any atom is 0.261 e. The van der Waals surface area contributed by atoms with Crippen LogP contribution < -0.4 is 0 Å². The van der Waals surface area contributed by atoms with Gasteiger partial charge in [-0.05, 0) is 63.6 Å². The molecule has 5 rings (SSSR count). The lowest BCUT2D eigenvalue weighted by Crippen LogP contribution is -2.48. The molecule has 1 aliphatic carbocycles. The number of carbonyl (C=O) groups excluding carboxylic acids is 3. The van der Waals surface area contributed by atoms with Crippen LogP contribution in [-0.2, 0) is 4.74 Å². The Hall–Kier alpha value is -2.25. The van der Waals surface area contributed by atoms with Crippen molar-refractivity contribution in [2.45, 2.75) is 77.0 Å². The zero-order valence-electron chi connectivity index (χ0n) is 20.5. The maximum absolute atomic E-state index is 13.2. The molecular weight excluding hydrogens is 430 g/mol. The summed E-state index contributed by atoms with van der Waals surface area (Å²) in [5, 5.41) is 0. The molecule has 3 fully saturated rings. The first-order chi connectivity index (χ1) is 16.4. The third-order valence-corrected chi connectivity index (χ3v) is 8.02. The molecule has 0 radical (unpaired) electrons. The normalized spacial score (nSPS) is 27.4. The Kier molecular flexibility index (Phi) is 6.76. The van der Waals surface area contributed by atoms with E-state index in [1.54, 1.807) is 18.2 Å². The first kappa shape index (κ1) is 23.5. The fourth-order valence-corrected chi connectivity index (χ4v) is 6.36. The number of hydrogen-bond donors (Lipinski definition) is 0. The van der Waals surface area contributed by atoms with Gasteiger partial charge >= 0.3 is 0 Å². The van der Waals surface area contributed by atoms with E-state index in [0.29, 0.717) is 22.6 Å². The van der Waals surface area contributed by atoms with Crippen LogP contribution in [0.1, 0.15) is 89.9 Å². The van der Waals surface area contributed by atoms with Crippen LogP contribution in [-0.4, -0.2) is 83.4 Å². The maximum atomic E-state index is 13.2. The summed E-state index contributed by atoms with van der Waals surface area (Å²) in [5.41, 5.74) is 1.35. The summed E-state index contributed by atoms with van der Waals surface area (Å²) in [4.78, 5) is 45.1. The number of likely N-dealkylation sites (tertiary alicyclic amines) is 1. The van der Waals surface area contributed by atoms with E-state index in [-0.39, 0.29) is 36.0 Å². The van der Waals surface area contributed by atoms with Crippen LogP contribution in [0.15, 0.2) is 18.2 Å². The van der Waals surface area contributed by atoms with E-state index in [0.717, 1.165) is 71.2 Å². The molecule has 1 saturated carbocycles. The highest BCUT2D eigenvalue weighted by Crippen LogP contribution is 2.32. The molecule has 0 aromatic heterocycles. The van der Waals surface area contributed by atoms with E-state index in [1.807, 2.05) is 4.90 Å². The zero-order chi connectivity index (χ0) is 23.8. The van der Waals surface area contributed by atoms with Gasteiger partial charge in [0.25, 0.3) is 17.7 Å². The van der Waals surface area contributed by atoms with Crippen molar-refractivity contribution in [3.63, 3.8) is 0 Å². The molecule has 2 unspecified atom stereocenters. The van der Waals surface area contributed by atoms with Crippen molar-refractivity contribution in [1.29, 1.82) is 0 Å². The fraction of sp³-hybridized carbons (Fsp3) is 0.667. The zero-order valence-corrected chi connectivity index (χ0v) is 20.5. The summed E-state index contributed by atoms with van der Waals surface area (Å²) in [6.07, 6.45) is 7.57. The largest absolute Gasteiger partial charge is 0.373 e. The number of rotatable bonds is 4. The van der Waals surface area contributed by atoms with E-state index in [4.69, 9.17) is 4.74 Å². The SMILES string of the molecule is CC1CN(CC2CCN(C(=O)c3ccc4c(c3)C(=O)N(C3CCCCC3)C4=O)CC2)CC(C)O1. The Morgan fingerprint density at radius 2 is 1.56 bits per heavy atom. The van der Waals surface area contributed by atoms with Crippen molar-refractivity contribution in [3.8, 4) is 0 Å². The second-order valence-electron chi connectivity index (χ2n) is 10.7. The molecule has 1 aromatic carbocycles. The number of fused-ring (bicyclic) bond motifs is 1. The van der Waals surface area contributed by atoms with Gasteiger partial charge in [-0.15, -0.1) is 0 Å². The Labute approximate surface area is 202 Å². The van der Waals surface area contributed by atoms with E-state index in [1.165, 1.54) is 11.3 Å². The number of imide groups is 1. The van der Waals surface area contributed by atoms with Crippen molar-refractivity contribution in [3.05, 3.63) is 34.9 Å². The van der Waals surface area contributed by atoms with Crippen LogP contribution in [0.2, 0.25) is 0 Å². The van der Waals surface area contributed by atoms with Crippen LogP contribution in [0.25, 0.3) is 0 Å². The number of hydrogen-bond acceptors (Lipinski definition) is 5. The summed E-state index contributed by atoms with van der Waals surface area (Å²) < 4.78 is 5.85. The number of morpholine rings is 1. The topological polar surface area (TPSA) is 70.2 Å². The number of piperidine rings is 1. The second-order valence-corrected chi connectivity index (χ2v) is 10.7. The predicted octanol–water partition coefficient (Wildman–Crippen LogP) is 3.58. The average Bonchev–Trinajstić information content (AvgIpc) is 3.08. The molecule has 7 heteroatoms. The highest BCUT2D eigenvalue weighted by Gasteiger charge is 2.40. The molecule has 0 bridgehead atoms. The van der Waals surface area contributed by atoms with Crippen molar-refractivity contribution in [2.24, 2.45) is 5.92 Å². The Morgan fingerprint density at radius 3 is 2.24 bits per heavy atom. The van der Waals surface area contributed by atoms with E-state index < -0.39 is 0 Å². The molecule has 0 spiro atoms. The number of nitrogens with zero attached hydrogens (tertiary/aromatic N) is 3. The minimum atomic E-state index is -0.228. The van der Waals surface area contributed by atoms with Gasteiger partial charge in [-0.2, -0.15) is 0 Å². The molecule has 2 saturated heterocycles. The van der Waals surface area contributed by atoms with Gasteiger partial charge < -0.3 is 9.64 Å². The van der Waals surface area contributed by atoms with Crippen LogP contribution in [0, 0.1) is 5.92 Å². The Balaban J connectivity index is 1.20. The van der Waals surface area contributed by atoms with Crippen molar-refractivity contribution >= 4 is 17.7 Å². The monoisotopic (exact) mass is 467 g/mol. The molecule has 3 aliphatic heterocycles. The molecular formula is C27H37N3O4. The van der Waals surface area contributed by atoms with Crippen molar-refractivity contribution in [2.75, 3.05) is 32.7 Å². The first-order valence-electron chi connectivity index (χ1n) is 13.1. The molecule has 4 aliphatic rings. The lowest BCUT2D eigenvalue weighted by molar-refractivity contribution is -0.0728. The summed E-state index contributed by atoms with van der Waals surface area (Å²) >= 11 is 0. The smallest absolute Gasteiger partial charge is 0.261 e. The highest BCUT2D eigenvalue weighted by molar-refractivity contribution is 6.22. The van der Waals surface area contributed by atoms with Gasteiger partial charge in [-0.25, -0.2) is 0 Å². The minimum Gasteiger partial charge on any atom is -0.373 e. The van der Waals surface area contributed by atoms with Crippen molar-refractivity contribution in [1.82, 2.24) is 14.7 Å². The quantitative estimate of drug-likeness (QED) is 0.633.